The lowest BCUT2D eigenvalue weighted by Crippen LogP contribution is -2.33. The van der Waals surface area contributed by atoms with E-state index in [0.717, 1.165) is 16.3 Å². The van der Waals surface area contributed by atoms with E-state index in [1.54, 1.807) is 32.0 Å². The highest BCUT2D eigenvalue weighted by atomic mass is 32.2. The molecule has 0 saturated heterocycles. The third kappa shape index (κ3) is 5.90. The molecule has 8 nitrogen and oxygen atoms in total. The summed E-state index contributed by atoms with van der Waals surface area (Å²) in [6, 6.07) is 21.6. The van der Waals surface area contributed by atoms with E-state index in [9.17, 15) is 18.0 Å². The zero-order valence-electron chi connectivity index (χ0n) is 20.7. The molecule has 4 rings (SSSR count). The molecule has 1 amide bonds. The van der Waals surface area contributed by atoms with Crippen molar-refractivity contribution in [1.29, 1.82) is 0 Å². The first-order valence-corrected chi connectivity index (χ1v) is 13.5. The number of sulfonamides is 1. The first-order chi connectivity index (χ1) is 17.8. The lowest BCUT2D eigenvalue weighted by Gasteiger charge is -2.25. The summed E-state index contributed by atoms with van der Waals surface area (Å²) in [4.78, 5) is 35.7. The number of carbonyl (C=O) groups excluding carboxylic acids is 2. The Hall–Kier alpha value is -3.95. The van der Waals surface area contributed by atoms with E-state index in [1.807, 2.05) is 42.5 Å². The molecule has 4 aromatic rings. The third-order valence-corrected chi connectivity index (χ3v) is 8.10. The molecular formula is C28H28N4O4S. The normalized spacial score (nSPS) is 11.5. The van der Waals surface area contributed by atoms with E-state index in [4.69, 9.17) is 0 Å². The molecule has 0 N–H and O–H groups in total. The molecule has 37 heavy (non-hydrogen) atoms. The predicted molar refractivity (Wildman–Crippen MR) is 143 cm³/mol. The summed E-state index contributed by atoms with van der Waals surface area (Å²) in [5.74, 6) is -1.04. The van der Waals surface area contributed by atoms with Gasteiger partial charge in [-0.3, -0.25) is 9.59 Å². The van der Waals surface area contributed by atoms with E-state index < -0.39 is 28.1 Å². The number of nitrogens with zero attached hydrogens (tertiary/aromatic N) is 4. The van der Waals surface area contributed by atoms with Crippen LogP contribution in [0, 0.1) is 0 Å². The largest absolute Gasteiger partial charge is 0.308 e. The van der Waals surface area contributed by atoms with E-state index in [1.165, 1.54) is 33.7 Å². The van der Waals surface area contributed by atoms with Crippen molar-refractivity contribution in [3.05, 3.63) is 96.6 Å². The van der Waals surface area contributed by atoms with Crippen LogP contribution in [0.3, 0.4) is 0 Å². The lowest BCUT2D eigenvalue weighted by atomic mass is 10.1. The Bertz CT molecular complexity index is 1520. The van der Waals surface area contributed by atoms with Crippen LogP contribution in [-0.2, 0) is 21.4 Å². The van der Waals surface area contributed by atoms with Gasteiger partial charge in [0.25, 0.3) is 0 Å². The molecule has 0 radical (unpaired) electrons. The van der Waals surface area contributed by atoms with Crippen molar-refractivity contribution in [3.8, 4) is 0 Å². The molecule has 9 heteroatoms. The summed E-state index contributed by atoms with van der Waals surface area (Å²) in [6.07, 6.45) is 2.43. The van der Waals surface area contributed by atoms with Crippen molar-refractivity contribution >= 4 is 38.2 Å². The van der Waals surface area contributed by atoms with Crippen LogP contribution < -0.4 is 4.90 Å². The van der Waals surface area contributed by atoms with Gasteiger partial charge >= 0.3 is 0 Å². The first-order valence-electron chi connectivity index (χ1n) is 12.0. The van der Waals surface area contributed by atoms with Crippen molar-refractivity contribution in [2.24, 2.45) is 0 Å². The van der Waals surface area contributed by atoms with Gasteiger partial charge < -0.3 is 4.90 Å². The maximum Gasteiger partial charge on any atom is 0.243 e. The van der Waals surface area contributed by atoms with Crippen LogP contribution in [-0.4, -0.2) is 47.5 Å². The molecule has 0 unspecified atom stereocenters. The monoisotopic (exact) mass is 516 g/mol. The maximum atomic E-state index is 13.5. The molecule has 0 bridgehead atoms. The summed E-state index contributed by atoms with van der Waals surface area (Å²) in [5.41, 5.74) is 1.22. The van der Waals surface area contributed by atoms with Gasteiger partial charge in [-0.05, 0) is 46.7 Å². The van der Waals surface area contributed by atoms with E-state index in [2.05, 4.69) is 9.97 Å². The quantitative estimate of drug-likeness (QED) is 0.228. The van der Waals surface area contributed by atoms with Gasteiger partial charge in [-0.1, -0.05) is 56.3 Å². The first kappa shape index (κ1) is 26.1. The molecule has 0 aliphatic rings. The van der Waals surface area contributed by atoms with Gasteiger partial charge in [-0.2, -0.15) is 4.31 Å². The van der Waals surface area contributed by atoms with Gasteiger partial charge in [0, 0.05) is 31.2 Å². The smallest absolute Gasteiger partial charge is 0.243 e. The fourth-order valence-electron chi connectivity index (χ4n) is 4.12. The van der Waals surface area contributed by atoms with Crippen LogP contribution in [0.15, 0.2) is 90.1 Å². The van der Waals surface area contributed by atoms with Gasteiger partial charge in [-0.25, -0.2) is 18.4 Å². The highest BCUT2D eigenvalue weighted by molar-refractivity contribution is 7.89. The number of carbonyl (C=O) groups is 2. The zero-order valence-corrected chi connectivity index (χ0v) is 21.6. The van der Waals surface area contributed by atoms with Crippen molar-refractivity contribution in [2.75, 3.05) is 18.0 Å². The van der Waals surface area contributed by atoms with Crippen molar-refractivity contribution in [2.45, 2.75) is 31.7 Å². The highest BCUT2D eigenvalue weighted by Crippen LogP contribution is 2.26. The molecule has 0 saturated carbocycles. The lowest BCUT2D eigenvalue weighted by molar-refractivity contribution is -0.117. The Morgan fingerprint density at radius 3 is 2.22 bits per heavy atom. The minimum Gasteiger partial charge on any atom is -0.308 e. The Labute approximate surface area is 216 Å². The van der Waals surface area contributed by atoms with Crippen molar-refractivity contribution < 1.29 is 18.0 Å². The van der Waals surface area contributed by atoms with Gasteiger partial charge in [0.2, 0.25) is 21.7 Å². The summed E-state index contributed by atoms with van der Waals surface area (Å²) in [6.45, 7) is 4.36. The number of fused-ring (bicyclic) bond motifs is 1. The molecule has 1 aromatic heterocycles. The second kappa shape index (κ2) is 11.4. The SMILES string of the molecule is CCN(CC)S(=O)(=O)c1cccc(N(Cc2ccc3ccccc3c2)C(=O)CC(=O)c2ncccn2)c1. The molecular weight excluding hydrogens is 488 g/mol. The Morgan fingerprint density at radius 2 is 1.51 bits per heavy atom. The van der Waals surface area contributed by atoms with Crippen molar-refractivity contribution in [1.82, 2.24) is 14.3 Å². The van der Waals surface area contributed by atoms with E-state index >= 15 is 0 Å². The number of Topliss-reactive ketones (excluding diaryl/α,β-unsaturated/α-hetero) is 1. The number of hydrogen-bond acceptors (Lipinski definition) is 6. The summed E-state index contributed by atoms with van der Waals surface area (Å²) in [7, 11) is -3.74. The molecule has 190 valence electrons. The summed E-state index contributed by atoms with van der Waals surface area (Å²) >= 11 is 0. The van der Waals surface area contributed by atoms with E-state index in [0.29, 0.717) is 18.8 Å². The molecule has 0 spiro atoms. The molecule has 0 atom stereocenters. The van der Waals surface area contributed by atoms with Gasteiger partial charge in [-0.15, -0.1) is 0 Å². The van der Waals surface area contributed by atoms with Crippen LogP contribution in [0.2, 0.25) is 0 Å². The maximum absolute atomic E-state index is 13.5. The van der Waals surface area contributed by atoms with Gasteiger partial charge in [0.05, 0.1) is 17.9 Å². The van der Waals surface area contributed by atoms with E-state index in [-0.39, 0.29) is 17.3 Å². The molecule has 0 aliphatic heterocycles. The topological polar surface area (TPSA) is 101 Å². The summed E-state index contributed by atoms with van der Waals surface area (Å²) < 4.78 is 27.7. The Kier molecular flexibility index (Phi) is 8.05. The molecule has 3 aromatic carbocycles. The average Bonchev–Trinajstić information content (AvgIpc) is 2.92. The number of aromatic nitrogens is 2. The average molecular weight is 517 g/mol. The van der Waals surface area contributed by atoms with Crippen LogP contribution in [0.5, 0.6) is 0 Å². The van der Waals surface area contributed by atoms with Crippen LogP contribution in [0.25, 0.3) is 10.8 Å². The van der Waals surface area contributed by atoms with Crippen LogP contribution >= 0.6 is 0 Å². The highest BCUT2D eigenvalue weighted by Gasteiger charge is 2.25. The second-order valence-corrected chi connectivity index (χ2v) is 10.4. The van der Waals surface area contributed by atoms with Crippen LogP contribution in [0.1, 0.15) is 36.5 Å². The fraction of sp³-hybridized carbons (Fsp3) is 0.214. The zero-order chi connectivity index (χ0) is 26.4. The van der Waals surface area contributed by atoms with Gasteiger partial charge in [0.1, 0.15) is 0 Å². The molecule has 1 heterocycles. The standard InChI is InChI=1S/C28H28N4O4S/c1-3-31(4-2)37(35,36)25-12-7-11-24(18-25)32(27(34)19-26(33)28-29-15-8-16-30-28)20-21-13-14-22-9-5-6-10-23(22)17-21/h5-18H,3-4,19-20H2,1-2H3. The van der Waals surface area contributed by atoms with Crippen molar-refractivity contribution in [3.63, 3.8) is 0 Å². The Morgan fingerprint density at radius 1 is 0.811 bits per heavy atom. The molecule has 0 aliphatic carbocycles. The predicted octanol–water partition coefficient (Wildman–Crippen LogP) is 4.47. The number of amides is 1. The Balaban J connectivity index is 1.71. The van der Waals surface area contributed by atoms with Gasteiger partial charge in [0.15, 0.2) is 5.82 Å². The molecule has 0 fully saturated rings. The minimum absolute atomic E-state index is 0.0423. The number of rotatable bonds is 10. The number of anilines is 1. The minimum atomic E-state index is -3.74. The number of hydrogen-bond donors (Lipinski definition) is 0. The summed E-state index contributed by atoms with van der Waals surface area (Å²) in [5, 5.41) is 2.08. The second-order valence-electron chi connectivity index (χ2n) is 8.42. The van der Waals surface area contributed by atoms with Crippen LogP contribution in [0.4, 0.5) is 5.69 Å². The fourth-order valence-corrected chi connectivity index (χ4v) is 5.62. The number of ketones is 1. The third-order valence-electron chi connectivity index (χ3n) is 6.06. The number of benzene rings is 3.